The third-order valence-electron chi connectivity index (χ3n) is 3.08. The summed E-state index contributed by atoms with van der Waals surface area (Å²) in [6.45, 7) is -0.542. The second kappa shape index (κ2) is 4.86. The van der Waals surface area contributed by atoms with E-state index >= 15 is 0 Å². The standard InChI is InChI=1S/C15H11FN2O2/c16-11-4-2-1-3-10(11)15-17-12-6-5-9(14(20)8-19)7-13(12)18-15/h1-7,19H,8H2,(H,17,18). The molecule has 0 saturated carbocycles. The van der Waals surface area contributed by atoms with Crippen molar-refractivity contribution >= 4 is 16.8 Å². The van der Waals surface area contributed by atoms with Gasteiger partial charge in [0.05, 0.1) is 16.6 Å². The van der Waals surface area contributed by atoms with Gasteiger partial charge in [-0.15, -0.1) is 0 Å². The van der Waals surface area contributed by atoms with Crippen LogP contribution in [0.1, 0.15) is 10.4 Å². The van der Waals surface area contributed by atoms with Gasteiger partial charge in [-0.25, -0.2) is 9.37 Å². The number of halogens is 1. The summed E-state index contributed by atoms with van der Waals surface area (Å²) in [5.74, 6) is -0.321. The van der Waals surface area contributed by atoms with Crippen LogP contribution in [0.5, 0.6) is 0 Å². The lowest BCUT2D eigenvalue weighted by molar-refractivity contribution is 0.0904. The van der Waals surface area contributed by atoms with Crippen LogP contribution in [0.2, 0.25) is 0 Å². The molecular weight excluding hydrogens is 259 g/mol. The molecule has 0 spiro atoms. The first-order valence-electron chi connectivity index (χ1n) is 6.08. The number of ketones is 1. The number of aliphatic hydroxyl groups excluding tert-OH is 1. The minimum absolute atomic E-state index is 0.363. The number of hydrogen-bond donors (Lipinski definition) is 2. The van der Waals surface area contributed by atoms with Crippen LogP contribution in [-0.4, -0.2) is 27.5 Å². The fraction of sp³-hybridized carbons (Fsp3) is 0.0667. The number of rotatable bonds is 3. The lowest BCUT2D eigenvalue weighted by Gasteiger charge is -1.97. The van der Waals surface area contributed by atoms with Gasteiger partial charge in [-0.2, -0.15) is 0 Å². The largest absolute Gasteiger partial charge is 0.388 e. The highest BCUT2D eigenvalue weighted by Crippen LogP contribution is 2.23. The molecule has 4 nitrogen and oxygen atoms in total. The fourth-order valence-electron chi connectivity index (χ4n) is 2.06. The summed E-state index contributed by atoms with van der Waals surface area (Å²) in [4.78, 5) is 18.7. The number of fused-ring (bicyclic) bond motifs is 1. The molecule has 0 aliphatic carbocycles. The van der Waals surface area contributed by atoms with E-state index in [1.165, 1.54) is 6.07 Å². The molecule has 3 rings (SSSR count). The van der Waals surface area contributed by atoms with Crippen molar-refractivity contribution in [2.75, 3.05) is 6.61 Å². The third-order valence-corrected chi connectivity index (χ3v) is 3.08. The maximum Gasteiger partial charge on any atom is 0.188 e. The fourth-order valence-corrected chi connectivity index (χ4v) is 2.06. The van der Waals surface area contributed by atoms with Gasteiger partial charge >= 0.3 is 0 Å². The molecule has 5 heteroatoms. The van der Waals surface area contributed by atoms with Crippen LogP contribution >= 0.6 is 0 Å². The molecule has 1 heterocycles. The van der Waals surface area contributed by atoms with E-state index in [2.05, 4.69) is 9.97 Å². The third kappa shape index (κ3) is 2.08. The van der Waals surface area contributed by atoms with Crippen molar-refractivity contribution in [3.63, 3.8) is 0 Å². The summed E-state index contributed by atoms with van der Waals surface area (Å²) in [5, 5.41) is 8.85. The summed E-state index contributed by atoms with van der Waals surface area (Å²) in [5.41, 5.74) is 2.03. The second-order valence-electron chi connectivity index (χ2n) is 4.38. The molecule has 1 aromatic heterocycles. The zero-order valence-corrected chi connectivity index (χ0v) is 10.4. The minimum Gasteiger partial charge on any atom is -0.388 e. The maximum absolute atomic E-state index is 13.7. The molecule has 20 heavy (non-hydrogen) atoms. The van der Waals surface area contributed by atoms with Crippen molar-refractivity contribution in [2.45, 2.75) is 0 Å². The minimum atomic E-state index is -0.542. The molecule has 0 aliphatic rings. The van der Waals surface area contributed by atoms with Gasteiger partial charge < -0.3 is 10.1 Å². The van der Waals surface area contributed by atoms with Crippen molar-refractivity contribution in [1.29, 1.82) is 0 Å². The van der Waals surface area contributed by atoms with Gasteiger partial charge in [-0.1, -0.05) is 12.1 Å². The maximum atomic E-state index is 13.7. The molecule has 2 N–H and O–H groups in total. The van der Waals surface area contributed by atoms with E-state index in [0.717, 1.165) is 0 Å². The van der Waals surface area contributed by atoms with Gasteiger partial charge in [0.25, 0.3) is 0 Å². The zero-order chi connectivity index (χ0) is 14.1. The first-order chi connectivity index (χ1) is 9.69. The molecule has 0 aliphatic heterocycles. The normalized spacial score (nSPS) is 10.9. The molecule has 0 bridgehead atoms. The first-order valence-corrected chi connectivity index (χ1v) is 6.08. The second-order valence-corrected chi connectivity index (χ2v) is 4.38. The highest BCUT2D eigenvalue weighted by Gasteiger charge is 2.11. The number of carbonyl (C=O) groups is 1. The van der Waals surface area contributed by atoms with E-state index in [9.17, 15) is 9.18 Å². The van der Waals surface area contributed by atoms with E-state index in [-0.39, 0.29) is 11.6 Å². The summed E-state index contributed by atoms with van der Waals surface area (Å²) in [6, 6.07) is 11.2. The lowest BCUT2D eigenvalue weighted by Crippen LogP contribution is -2.03. The molecule has 0 radical (unpaired) electrons. The Balaban J connectivity index is 2.12. The van der Waals surface area contributed by atoms with E-state index in [1.54, 1.807) is 36.4 Å². The average molecular weight is 270 g/mol. The Hall–Kier alpha value is -2.53. The number of nitrogens with zero attached hydrogens (tertiary/aromatic N) is 1. The number of H-pyrrole nitrogens is 1. The number of carbonyl (C=O) groups excluding carboxylic acids is 1. The predicted molar refractivity (Wildman–Crippen MR) is 72.9 cm³/mol. The molecule has 0 fully saturated rings. The van der Waals surface area contributed by atoms with Gasteiger partial charge in [-0.3, -0.25) is 4.79 Å². The molecule has 0 saturated heterocycles. The number of aromatic amines is 1. The Bertz CT molecular complexity index is 795. The van der Waals surface area contributed by atoms with Crippen LogP contribution in [-0.2, 0) is 0 Å². The summed E-state index contributed by atoms with van der Waals surface area (Å²) >= 11 is 0. The Labute approximate surface area is 113 Å². The molecule has 100 valence electrons. The molecular formula is C15H11FN2O2. The first kappa shape index (κ1) is 12.5. The lowest BCUT2D eigenvalue weighted by atomic mass is 10.1. The van der Waals surface area contributed by atoms with Crippen molar-refractivity contribution in [2.24, 2.45) is 0 Å². The van der Waals surface area contributed by atoms with Crippen LogP contribution in [0.3, 0.4) is 0 Å². The number of hydrogen-bond acceptors (Lipinski definition) is 3. The highest BCUT2D eigenvalue weighted by atomic mass is 19.1. The van der Waals surface area contributed by atoms with Crippen LogP contribution in [0.4, 0.5) is 4.39 Å². The van der Waals surface area contributed by atoms with Gasteiger partial charge in [0.2, 0.25) is 0 Å². The van der Waals surface area contributed by atoms with Crippen molar-refractivity contribution in [3.8, 4) is 11.4 Å². The van der Waals surface area contributed by atoms with Crippen LogP contribution in [0, 0.1) is 5.82 Å². The topological polar surface area (TPSA) is 66.0 Å². The number of imidazole rings is 1. The predicted octanol–water partition coefficient (Wildman–Crippen LogP) is 2.54. The van der Waals surface area contributed by atoms with E-state index in [1.807, 2.05) is 0 Å². The van der Waals surface area contributed by atoms with Crippen LogP contribution < -0.4 is 0 Å². The average Bonchev–Trinajstić information content (AvgIpc) is 2.89. The number of aliphatic hydroxyl groups is 1. The van der Waals surface area contributed by atoms with E-state index < -0.39 is 6.61 Å². The van der Waals surface area contributed by atoms with Gasteiger partial charge in [0, 0.05) is 5.56 Å². The van der Waals surface area contributed by atoms with Gasteiger partial charge in [0.1, 0.15) is 18.2 Å². The molecule has 0 atom stereocenters. The number of benzene rings is 2. The van der Waals surface area contributed by atoms with Crippen molar-refractivity contribution in [1.82, 2.24) is 9.97 Å². The highest BCUT2D eigenvalue weighted by molar-refractivity contribution is 5.99. The Morgan fingerprint density at radius 1 is 1.25 bits per heavy atom. The van der Waals surface area contributed by atoms with E-state index in [0.29, 0.717) is 28.0 Å². The molecule has 0 unspecified atom stereocenters. The van der Waals surface area contributed by atoms with Crippen LogP contribution in [0.15, 0.2) is 42.5 Å². The Kier molecular flexibility index (Phi) is 3.04. The Morgan fingerprint density at radius 2 is 2.05 bits per heavy atom. The van der Waals surface area contributed by atoms with Crippen molar-refractivity contribution < 1.29 is 14.3 Å². The zero-order valence-electron chi connectivity index (χ0n) is 10.4. The van der Waals surface area contributed by atoms with Gasteiger partial charge in [0.15, 0.2) is 5.78 Å². The SMILES string of the molecule is O=C(CO)c1ccc2nc(-c3ccccc3F)[nH]c2c1. The van der Waals surface area contributed by atoms with Gasteiger partial charge in [-0.05, 0) is 30.3 Å². The summed E-state index contributed by atoms with van der Waals surface area (Å²) < 4.78 is 13.7. The summed E-state index contributed by atoms with van der Waals surface area (Å²) in [6.07, 6.45) is 0. The van der Waals surface area contributed by atoms with Crippen molar-refractivity contribution in [3.05, 3.63) is 53.8 Å². The van der Waals surface area contributed by atoms with E-state index in [4.69, 9.17) is 5.11 Å². The van der Waals surface area contributed by atoms with Crippen LogP contribution in [0.25, 0.3) is 22.4 Å². The number of nitrogens with one attached hydrogen (secondary N) is 1. The molecule has 3 aromatic rings. The summed E-state index contributed by atoms with van der Waals surface area (Å²) in [7, 11) is 0. The smallest absolute Gasteiger partial charge is 0.188 e. The number of aromatic nitrogens is 2. The molecule has 0 amide bonds. The molecule has 2 aromatic carbocycles. The number of Topliss-reactive ketones (excluding diaryl/α,β-unsaturated/α-hetero) is 1. The Morgan fingerprint density at radius 3 is 2.80 bits per heavy atom. The monoisotopic (exact) mass is 270 g/mol. The quantitative estimate of drug-likeness (QED) is 0.719.